The number of rotatable bonds is 78. The van der Waals surface area contributed by atoms with E-state index in [1.807, 2.05) is 0 Å². The van der Waals surface area contributed by atoms with Gasteiger partial charge in [0.25, 0.3) is 0 Å². The Balaban J connectivity index is 5.21. The minimum Gasteiger partial charge on any atom is -0.462 e. The van der Waals surface area contributed by atoms with Gasteiger partial charge in [-0.1, -0.05) is 363 Å². The Morgan fingerprint density at radius 1 is 0.293 bits per heavy atom. The lowest BCUT2D eigenvalue weighted by Gasteiger charge is -2.21. The fraction of sp³-hybridized carbons (Fsp3) is 0.950. The first-order valence-corrected chi connectivity index (χ1v) is 44.4. The largest absolute Gasteiger partial charge is 0.472 e. The van der Waals surface area contributed by atoms with E-state index in [0.717, 1.165) is 114 Å². The second kappa shape index (κ2) is 70.4. The Hall–Kier alpha value is -1.94. The van der Waals surface area contributed by atoms with Crippen molar-refractivity contribution in [3.63, 3.8) is 0 Å². The van der Waals surface area contributed by atoms with Gasteiger partial charge in [0.2, 0.25) is 0 Å². The van der Waals surface area contributed by atoms with E-state index < -0.39 is 97.5 Å². The molecule has 0 aromatic heterocycles. The third-order valence-electron chi connectivity index (χ3n) is 19.0. The van der Waals surface area contributed by atoms with Crippen molar-refractivity contribution in [2.75, 3.05) is 39.6 Å². The average Bonchev–Trinajstić information content (AvgIpc) is 0.968. The van der Waals surface area contributed by atoms with Gasteiger partial charge in [-0.15, -0.1) is 0 Å². The zero-order valence-corrected chi connectivity index (χ0v) is 66.8. The molecule has 0 heterocycles. The van der Waals surface area contributed by atoms with Crippen LogP contribution in [-0.2, 0) is 65.4 Å². The molecule has 0 aliphatic rings. The molecule has 0 aromatic carbocycles. The van der Waals surface area contributed by atoms with Crippen LogP contribution in [0.15, 0.2) is 0 Å². The van der Waals surface area contributed by atoms with Gasteiger partial charge in [-0.25, -0.2) is 9.13 Å². The molecule has 0 bridgehead atoms. The van der Waals surface area contributed by atoms with Crippen molar-refractivity contribution in [2.24, 2.45) is 17.8 Å². The summed E-state index contributed by atoms with van der Waals surface area (Å²) in [5.74, 6) is 0.154. The van der Waals surface area contributed by atoms with Crippen LogP contribution in [0.25, 0.3) is 0 Å². The van der Waals surface area contributed by atoms with Gasteiger partial charge in [0.15, 0.2) is 12.2 Å². The zero-order valence-electron chi connectivity index (χ0n) is 65.0. The highest BCUT2D eigenvalue weighted by Gasteiger charge is 2.30. The lowest BCUT2D eigenvalue weighted by Crippen LogP contribution is -2.30. The Bertz CT molecular complexity index is 1920. The number of ether oxygens (including phenoxy) is 4. The molecule has 0 fully saturated rings. The lowest BCUT2D eigenvalue weighted by molar-refractivity contribution is -0.161. The number of carbonyl (C=O) groups is 4. The van der Waals surface area contributed by atoms with E-state index in [0.29, 0.717) is 25.7 Å². The van der Waals surface area contributed by atoms with Crippen LogP contribution in [-0.4, -0.2) is 96.7 Å². The highest BCUT2D eigenvalue weighted by atomic mass is 31.2. The summed E-state index contributed by atoms with van der Waals surface area (Å²) in [5, 5.41) is 10.6. The Labute approximate surface area is 607 Å². The number of aliphatic hydroxyl groups excluding tert-OH is 1. The van der Waals surface area contributed by atoms with Crippen molar-refractivity contribution < 1.29 is 80.2 Å². The van der Waals surface area contributed by atoms with Crippen molar-refractivity contribution in [3.05, 3.63) is 0 Å². The van der Waals surface area contributed by atoms with Crippen LogP contribution in [0.5, 0.6) is 0 Å². The molecule has 0 saturated carbocycles. The number of hydrogen-bond donors (Lipinski definition) is 3. The molecule has 0 radical (unpaired) electrons. The van der Waals surface area contributed by atoms with Gasteiger partial charge in [0, 0.05) is 25.7 Å². The number of hydrogen-bond acceptors (Lipinski definition) is 15. The summed E-state index contributed by atoms with van der Waals surface area (Å²) in [6.45, 7) is 11.9. The van der Waals surface area contributed by atoms with Gasteiger partial charge in [-0.05, 0) is 43.4 Å². The molecule has 0 saturated heterocycles. The molecule has 0 aromatic rings. The van der Waals surface area contributed by atoms with Gasteiger partial charge >= 0.3 is 39.5 Å². The quantitative estimate of drug-likeness (QED) is 0.0222. The first kappa shape index (κ1) is 97.1. The van der Waals surface area contributed by atoms with Crippen LogP contribution in [0.3, 0.4) is 0 Å². The Morgan fingerprint density at radius 3 is 0.768 bits per heavy atom. The lowest BCUT2D eigenvalue weighted by atomic mass is 10.00. The summed E-state index contributed by atoms with van der Waals surface area (Å²) >= 11 is 0. The molecule has 99 heavy (non-hydrogen) atoms. The first-order chi connectivity index (χ1) is 47.8. The summed E-state index contributed by atoms with van der Waals surface area (Å²) in [5.41, 5.74) is 0. The minimum atomic E-state index is -4.96. The molecule has 0 aliphatic carbocycles. The molecule has 0 spiro atoms. The number of phosphoric ester groups is 2. The number of phosphoric acid groups is 2. The van der Waals surface area contributed by atoms with Crippen LogP contribution < -0.4 is 0 Å². The predicted octanol–water partition coefficient (Wildman–Crippen LogP) is 23.7. The van der Waals surface area contributed by atoms with Gasteiger partial charge in [0.05, 0.1) is 26.4 Å². The predicted molar refractivity (Wildman–Crippen MR) is 405 cm³/mol. The van der Waals surface area contributed by atoms with E-state index in [-0.39, 0.29) is 25.7 Å². The number of aliphatic hydroxyl groups is 1. The monoisotopic (exact) mass is 1450 g/mol. The fourth-order valence-electron chi connectivity index (χ4n) is 12.3. The van der Waals surface area contributed by atoms with Crippen LogP contribution in [0, 0.1) is 17.8 Å². The maximum Gasteiger partial charge on any atom is 0.472 e. The zero-order chi connectivity index (χ0) is 73.0. The van der Waals surface area contributed by atoms with E-state index >= 15 is 0 Å². The van der Waals surface area contributed by atoms with Gasteiger partial charge in [-0.2, -0.15) is 0 Å². The van der Waals surface area contributed by atoms with Crippen molar-refractivity contribution in [2.45, 2.75) is 433 Å². The number of unbranched alkanes of at least 4 members (excludes halogenated alkanes) is 45. The fourth-order valence-corrected chi connectivity index (χ4v) is 13.9. The van der Waals surface area contributed by atoms with Gasteiger partial charge in [-0.3, -0.25) is 37.3 Å². The Morgan fingerprint density at radius 2 is 0.515 bits per heavy atom. The minimum absolute atomic E-state index is 0.104. The highest BCUT2D eigenvalue weighted by molar-refractivity contribution is 7.47. The summed E-state index contributed by atoms with van der Waals surface area (Å²) in [4.78, 5) is 72.9. The second-order valence-electron chi connectivity index (χ2n) is 30.0. The third kappa shape index (κ3) is 72.8. The molecular weight excluding hydrogens is 1290 g/mol. The third-order valence-corrected chi connectivity index (χ3v) is 20.9. The maximum atomic E-state index is 13.1. The summed E-state index contributed by atoms with van der Waals surface area (Å²) in [6.07, 6.45) is 58.5. The van der Waals surface area contributed by atoms with E-state index in [9.17, 15) is 43.2 Å². The Kier molecular flexibility index (Phi) is 69.0. The summed E-state index contributed by atoms with van der Waals surface area (Å²) < 4.78 is 68.6. The maximum absolute atomic E-state index is 13.1. The average molecular weight is 1450 g/mol. The molecule has 6 atom stereocenters. The topological polar surface area (TPSA) is 237 Å². The van der Waals surface area contributed by atoms with Crippen LogP contribution in [0.4, 0.5) is 0 Å². The summed E-state index contributed by atoms with van der Waals surface area (Å²) in [6, 6.07) is 0. The highest BCUT2D eigenvalue weighted by Crippen LogP contribution is 2.45. The molecule has 0 aliphatic heterocycles. The molecule has 0 rings (SSSR count). The van der Waals surface area contributed by atoms with E-state index in [1.165, 1.54) is 218 Å². The normalized spacial score (nSPS) is 14.3. The molecular formula is C80H156O17P2. The molecule has 0 amide bonds. The van der Waals surface area contributed by atoms with E-state index in [4.69, 9.17) is 37.0 Å². The first-order valence-electron chi connectivity index (χ1n) is 41.4. The van der Waals surface area contributed by atoms with Crippen LogP contribution >= 0.6 is 15.6 Å². The van der Waals surface area contributed by atoms with E-state index in [2.05, 4.69) is 48.5 Å². The number of esters is 4. The number of carbonyl (C=O) groups excluding carboxylic acids is 4. The second-order valence-corrected chi connectivity index (χ2v) is 32.9. The summed E-state index contributed by atoms with van der Waals surface area (Å²) in [7, 11) is -9.92. The van der Waals surface area contributed by atoms with E-state index in [1.54, 1.807) is 0 Å². The van der Waals surface area contributed by atoms with Crippen molar-refractivity contribution >= 4 is 39.5 Å². The standard InChI is InChI=1S/C80H156O17P2/c1-8-10-11-12-13-14-15-16-17-20-24-27-30-33-39-47-54-61-77(82)90-67-75(96-79(84)63-56-49-40-34-31-28-25-22-19-18-21-23-26-29-32-37-44-51-58-71(3)4)69-94-98(86,87)92-65-74(81)66-93-99(88,89)95-70-76(68-91-78(83)62-55-48-43-42-46-53-60-73(7)9-2)97-80(85)64-57-50-41-36-35-38-45-52-59-72(5)6/h71-76,81H,8-70H2,1-7H3,(H,86,87)(H,88,89)/t73?,74-,75-,76-/m1/s1. The molecule has 19 heteroatoms. The van der Waals surface area contributed by atoms with Crippen LogP contribution in [0.2, 0.25) is 0 Å². The van der Waals surface area contributed by atoms with Gasteiger partial charge in [0.1, 0.15) is 19.3 Å². The van der Waals surface area contributed by atoms with Crippen molar-refractivity contribution in [3.8, 4) is 0 Å². The SMILES string of the molecule is CCCCCCCCCCCCCCCCCCCC(=O)OC[C@H](COP(=O)(O)OC[C@@H](O)COP(=O)(O)OC[C@@H](COC(=O)CCCCCCCCC(C)CC)OC(=O)CCCCCCCCCCC(C)C)OC(=O)CCCCCCCCCCCCCCCCCCCCC(C)C. The molecule has 3 unspecified atom stereocenters. The van der Waals surface area contributed by atoms with Crippen molar-refractivity contribution in [1.82, 2.24) is 0 Å². The molecule has 588 valence electrons. The van der Waals surface area contributed by atoms with Crippen LogP contribution in [0.1, 0.15) is 414 Å². The van der Waals surface area contributed by atoms with Gasteiger partial charge < -0.3 is 33.8 Å². The smallest absolute Gasteiger partial charge is 0.462 e. The molecule has 17 nitrogen and oxygen atoms in total. The molecule has 3 N–H and O–H groups in total. The van der Waals surface area contributed by atoms with Crippen molar-refractivity contribution in [1.29, 1.82) is 0 Å².